The molecule has 3 aromatic heterocycles. The Morgan fingerprint density at radius 1 is 1.27 bits per heavy atom. The average Bonchev–Trinajstić information content (AvgIpc) is 3.10. The van der Waals surface area contributed by atoms with Crippen molar-refractivity contribution in [1.82, 2.24) is 24.3 Å². The van der Waals surface area contributed by atoms with E-state index in [9.17, 15) is 4.79 Å². The highest BCUT2D eigenvalue weighted by atomic mass is 35.5. The van der Waals surface area contributed by atoms with Crippen molar-refractivity contribution in [2.45, 2.75) is 45.3 Å². The minimum atomic E-state index is -0.500. The highest BCUT2D eigenvalue weighted by Crippen LogP contribution is 2.23. The molecule has 1 aliphatic heterocycles. The average molecular weight is 429 g/mol. The van der Waals surface area contributed by atoms with Crippen LogP contribution in [0.3, 0.4) is 0 Å². The van der Waals surface area contributed by atoms with Crippen molar-refractivity contribution in [3.8, 4) is 11.4 Å². The van der Waals surface area contributed by atoms with Gasteiger partial charge in [-0.3, -0.25) is 4.40 Å². The predicted molar refractivity (Wildman–Crippen MR) is 116 cm³/mol. The maximum atomic E-state index is 12.4. The van der Waals surface area contributed by atoms with E-state index in [-0.39, 0.29) is 12.1 Å². The molecule has 0 aromatic carbocycles. The number of halogens is 1. The summed E-state index contributed by atoms with van der Waals surface area (Å²) in [6.07, 6.45) is 6.70. The summed E-state index contributed by atoms with van der Waals surface area (Å²) in [6.45, 7) is 6.92. The molecule has 1 N–H and O–H groups in total. The molecule has 0 spiro atoms. The normalized spacial score (nSPS) is 17.2. The molecule has 0 saturated carbocycles. The molecular formula is C21H25ClN6O2. The SMILES string of the molecule is CC(C)(C)OC(=O)N1CCCC(Nc2cccc(-c3cnc4cnc(Cl)cn34)n2)C1. The van der Waals surface area contributed by atoms with Crippen molar-refractivity contribution in [2.24, 2.45) is 0 Å². The minimum absolute atomic E-state index is 0.106. The maximum absolute atomic E-state index is 12.4. The molecule has 9 heteroatoms. The number of nitrogens with zero attached hydrogens (tertiary/aromatic N) is 5. The Kier molecular flexibility index (Phi) is 5.51. The van der Waals surface area contributed by atoms with E-state index in [0.29, 0.717) is 23.9 Å². The van der Waals surface area contributed by atoms with Crippen molar-refractivity contribution >= 4 is 29.2 Å². The number of amides is 1. The largest absolute Gasteiger partial charge is 0.444 e. The van der Waals surface area contributed by atoms with Gasteiger partial charge in [-0.2, -0.15) is 0 Å². The van der Waals surface area contributed by atoms with E-state index >= 15 is 0 Å². The molecule has 158 valence electrons. The van der Waals surface area contributed by atoms with E-state index in [1.807, 2.05) is 43.4 Å². The summed E-state index contributed by atoms with van der Waals surface area (Å²) >= 11 is 6.04. The Balaban J connectivity index is 1.49. The third-order valence-corrected chi connectivity index (χ3v) is 5.00. The number of imidazole rings is 1. The Morgan fingerprint density at radius 2 is 2.10 bits per heavy atom. The van der Waals surface area contributed by atoms with Gasteiger partial charge in [0.2, 0.25) is 0 Å². The summed E-state index contributed by atoms with van der Waals surface area (Å²) in [7, 11) is 0. The van der Waals surface area contributed by atoms with Crippen LogP contribution in [-0.2, 0) is 4.74 Å². The van der Waals surface area contributed by atoms with E-state index < -0.39 is 5.60 Å². The van der Waals surface area contributed by atoms with Gasteiger partial charge in [0.1, 0.15) is 16.6 Å². The number of nitrogens with one attached hydrogen (secondary N) is 1. The zero-order valence-electron chi connectivity index (χ0n) is 17.3. The first-order chi connectivity index (χ1) is 14.3. The molecule has 1 amide bonds. The number of hydrogen-bond donors (Lipinski definition) is 1. The Labute approximate surface area is 180 Å². The Morgan fingerprint density at radius 3 is 2.90 bits per heavy atom. The number of fused-ring (bicyclic) bond motifs is 1. The van der Waals surface area contributed by atoms with Gasteiger partial charge in [0.15, 0.2) is 5.65 Å². The number of hydrogen-bond acceptors (Lipinski definition) is 6. The van der Waals surface area contributed by atoms with Gasteiger partial charge in [0.25, 0.3) is 0 Å². The van der Waals surface area contributed by atoms with Gasteiger partial charge in [-0.25, -0.2) is 19.7 Å². The van der Waals surface area contributed by atoms with Crippen molar-refractivity contribution < 1.29 is 9.53 Å². The van der Waals surface area contributed by atoms with Crippen molar-refractivity contribution in [3.05, 3.63) is 41.9 Å². The van der Waals surface area contributed by atoms with Gasteiger partial charge in [0, 0.05) is 25.3 Å². The summed E-state index contributed by atoms with van der Waals surface area (Å²) in [4.78, 5) is 27.3. The number of carbonyl (C=O) groups excluding carboxylic acids is 1. The number of aromatic nitrogens is 4. The summed E-state index contributed by atoms with van der Waals surface area (Å²) in [6, 6.07) is 5.90. The molecule has 0 aliphatic carbocycles. The van der Waals surface area contributed by atoms with Crippen LogP contribution >= 0.6 is 11.6 Å². The second kappa shape index (κ2) is 8.10. The standard InChI is InChI=1S/C21H25ClN6O2/c1-21(2,3)30-20(29)27-9-5-6-14(12-27)25-18-8-4-7-15(26-18)16-10-24-19-11-23-17(22)13-28(16)19/h4,7-8,10-11,13-14H,5-6,9,12H2,1-3H3,(H,25,26). The van der Waals surface area contributed by atoms with E-state index in [1.165, 1.54) is 0 Å². The fraction of sp³-hybridized carbons (Fsp3) is 0.429. The minimum Gasteiger partial charge on any atom is -0.444 e. The lowest BCUT2D eigenvalue weighted by Gasteiger charge is -2.34. The molecule has 4 rings (SSSR count). The van der Waals surface area contributed by atoms with Gasteiger partial charge in [-0.1, -0.05) is 17.7 Å². The highest BCUT2D eigenvalue weighted by Gasteiger charge is 2.27. The summed E-state index contributed by atoms with van der Waals surface area (Å²) in [5.74, 6) is 0.749. The van der Waals surface area contributed by atoms with Crippen LogP contribution in [0.1, 0.15) is 33.6 Å². The van der Waals surface area contributed by atoms with Crippen LogP contribution < -0.4 is 5.32 Å². The van der Waals surface area contributed by atoms with Gasteiger partial charge < -0.3 is 15.0 Å². The summed E-state index contributed by atoms with van der Waals surface area (Å²) in [5, 5.41) is 3.85. The lowest BCUT2D eigenvalue weighted by molar-refractivity contribution is 0.0206. The summed E-state index contributed by atoms with van der Waals surface area (Å²) < 4.78 is 7.38. The van der Waals surface area contributed by atoms with Crippen LogP contribution in [0.5, 0.6) is 0 Å². The smallest absolute Gasteiger partial charge is 0.410 e. The van der Waals surface area contributed by atoms with Gasteiger partial charge in [0.05, 0.1) is 23.8 Å². The molecule has 30 heavy (non-hydrogen) atoms. The van der Waals surface area contributed by atoms with Gasteiger partial charge >= 0.3 is 6.09 Å². The lowest BCUT2D eigenvalue weighted by atomic mass is 10.1. The number of anilines is 1. The molecule has 3 aromatic rings. The molecular weight excluding hydrogens is 404 g/mol. The number of pyridine rings is 1. The first-order valence-corrected chi connectivity index (χ1v) is 10.4. The quantitative estimate of drug-likeness (QED) is 0.671. The predicted octanol–water partition coefficient (Wildman–Crippen LogP) is 4.26. The number of likely N-dealkylation sites (tertiary alicyclic amines) is 1. The van der Waals surface area contributed by atoms with Crippen LogP contribution in [0.25, 0.3) is 17.0 Å². The van der Waals surface area contributed by atoms with Crippen LogP contribution in [0, 0.1) is 0 Å². The lowest BCUT2D eigenvalue weighted by Crippen LogP contribution is -2.47. The highest BCUT2D eigenvalue weighted by molar-refractivity contribution is 6.29. The van der Waals surface area contributed by atoms with Gasteiger partial charge in [-0.15, -0.1) is 0 Å². The first-order valence-electron chi connectivity index (χ1n) is 9.99. The third kappa shape index (κ3) is 4.64. The van der Waals surface area contributed by atoms with Crippen molar-refractivity contribution in [1.29, 1.82) is 0 Å². The number of piperidine rings is 1. The topological polar surface area (TPSA) is 84.6 Å². The Hall–Kier alpha value is -2.87. The number of ether oxygens (including phenoxy) is 1. The first kappa shape index (κ1) is 20.4. The molecule has 0 radical (unpaired) electrons. The van der Waals surface area contributed by atoms with Crippen LogP contribution in [0.15, 0.2) is 36.8 Å². The molecule has 4 heterocycles. The zero-order chi connectivity index (χ0) is 21.3. The van der Waals surface area contributed by atoms with E-state index in [4.69, 9.17) is 21.3 Å². The van der Waals surface area contributed by atoms with Gasteiger partial charge in [-0.05, 0) is 45.7 Å². The summed E-state index contributed by atoms with van der Waals surface area (Å²) in [5.41, 5.74) is 1.81. The van der Waals surface area contributed by atoms with Crippen molar-refractivity contribution in [2.75, 3.05) is 18.4 Å². The van der Waals surface area contributed by atoms with E-state index in [1.54, 1.807) is 23.5 Å². The monoisotopic (exact) mass is 428 g/mol. The third-order valence-electron chi connectivity index (χ3n) is 4.80. The second-order valence-corrected chi connectivity index (χ2v) is 8.79. The second-order valence-electron chi connectivity index (χ2n) is 8.40. The molecule has 1 aliphatic rings. The molecule has 1 unspecified atom stereocenters. The van der Waals surface area contributed by atoms with Crippen LogP contribution in [0.2, 0.25) is 5.15 Å². The zero-order valence-corrected chi connectivity index (χ0v) is 18.1. The van der Waals surface area contributed by atoms with E-state index in [0.717, 1.165) is 30.0 Å². The molecule has 1 fully saturated rings. The Bertz CT molecular complexity index is 1060. The molecule has 0 bridgehead atoms. The van der Waals surface area contributed by atoms with Crippen molar-refractivity contribution in [3.63, 3.8) is 0 Å². The fourth-order valence-electron chi connectivity index (χ4n) is 3.51. The maximum Gasteiger partial charge on any atom is 0.410 e. The fourth-order valence-corrected chi connectivity index (χ4v) is 3.66. The molecule has 1 atom stereocenters. The molecule has 1 saturated heterocycles. The van der Waals surface area contributed by atoms with E-state index in [2.05, 4.69) is 15.3 Å². The van der Waals surface area contributed by atoms with Crippen LogP contribution in [-0.4, -0.2) is 55.1 Å². The molecule has 8 nitrogen and oxygen atoms in total. The number of rotatable bonds is 3. The van der Waals surface area contributed by atoms with Crippen LogP contribution in [0.4, 0.5) is 10.6 Å². The number of carbonyl (C=O) groups is 1.